The van der Waals surface area contributed by atoms with Gasteiger partial charge >= 0.3 is 6.18 Å². The van der Waals surface area contributed by atoms with Crippen molar-refractivity contribution < 1.29 is 31.1 Å². The van der Waals surface area contributed by atoms with Crippen molar-refractivity contribution >= 4 is 34.1 Å². The summed E-state index contributed by atoms with van der Waals surface area (Å²) in [6, 6.07) is -0.633. The molecule has 0 N–H and O–H groups in total. The van der Waals surface area contributed by atoms with Crippen LogP contribution in [-0.4, -0.2) is 117 Å². The zero-order chi connectivity index (χ0) is 26.8. The third-order valence-electron chi connectivity index (χ3n) is 7.86. The normalized spacial score (nSPS) is 36.1. The largest absolute Gasteiger partial charge is 0.407 e. The maximum Gasteiger partial charge on any atom is 0.407 e. The second kappa shape index (κ2) is 9.16. The number of aliphatic imine (C=N–C) groups is 2. The third kappa shape index (κ3) is 4.50. The predicted octanol–water partition coefficient (Wildman–Crippen LogP) is 1.16. The van der Waals surface area contributed by atoms with Crippen LogP contribution in [0, 0.1) is 17.8 Å². The van der Waals surface area contributed by atoms with Crippen LogP contribution in [0.5, 0.6) is 0 Å². The number of ether oxygens (including phenoxy) is 1. The number of nitrogens with zero attached hydrogens (tertiary/aromatic N) is 6. The van der Waals surface area contributed by atoms with Crippen molar-refractivity contribution in [2.24, 2.45) is 32.8 Å². The standard InChI is InChI=1S/C23H31F3N6O4S/c1-14-6-18(15-7-17(10-27-8-15)37(34,35)30(2)3)29-20-19(14)21(33)32(22(20)4-5-36-13-22)16-9-28-31(11-16)12-23(24,25)26/h6,8-9,14-17,19H,4-5,7,10-13H2,1-3H3/t14?,15?,16?,17?,19?,22-/m0/s1. The van der Waals surface area contributed by atoms with Crippen molar-refractivity contribution in [1.82, 2.24) is 14.2 Å². The van der Waals surface area contributed by atoms with E-state index in [9.17, 15) is 26.4 Å². The molecule has 10 nitrogen and oxygen atoms in total. The number of hydrogen-bond acceptors (Lipinski definition) is 8. The summed E-state index contributed by atoms with van der Waals surface area (Å²) in [5.41, 5.74) is 0.441. The first kappa shape index (κ1) is 26.3. The molecule has 0 aromatic rings. The van der Waals surface area contributed by atoms with Crippen LogP contribution in [0.2, 0.25) is 0 Å². The Kier molecular flexibility index (Phi) is 6.51. The molecule has 204 valence electrons. The number of likely N-dealkylation sites (tertiary alicyclic amines) is 1. The van der Waals surface area contributed by atoms with Crippen LogP contribution in [0.4, 0.5) is 13.2 Å². The Morgan fingerprint density at radius 3 is 2.68 bits per heavy atom. The number of rotatable bonds is 5. The fraction of sp³-hybridized carbons (Fsp3) is 0.739. The summed E-state index contributed by atoms with van der Waals surface area (Å²) in [7, 11) is -0.509. The highest BCUT2D eigenvalue weighted by atomic mass is 32.2. The molecule has 1 amide bonds. The molecule has 5 rings (SSSR count). The summed E-state index contributed by atoms with van der Waals surface area (Å²) in [6.45, 7) is 1.45. The van der Waals surface area contributed by atoms with Crippen LogP contribution in [-0.2, 0) is 19.6 Å². The average molecular weight is 545 g/mol. The lowest BCUT2D eigenvalue weighted by Crippen LogP contribution is -2.56. The highest BCUT2D eigenvalue weighted by Crippen LogP contribution is 2.46. The number of fused-ring (bicyclic) bond motifs is 2. The molecule has 5 heterocycles. The quantitative estimate of drug-likeness (QED) is 0.517. The Bertz CT molecular complexity index is 1180. The zero-order valence-electron chi connectivity index (χ0n) is 20.9. The van der Waals surface area contributed by atoms with Gasteiger partial charge in [0.05, 0.1) is 42.6 Å². The van der Waals surface area contributed by atoms with Crippen LogP contribution in [0.1, 0.15) is 19.8 Å². The van der Waals surface area contributed by atoms with Crippen molar-refractivity contribution in [3.63, 3.8) is 0 Å². The molecule has 0 aromatic heterocycles. The van der Waals surface area contributed by atoms with Crippen molar-refractivity contribution in [2.45, 2.75) is 42.8 Å². The van der Waals surface area contributed by atoms with E-state index in [-0.39, 0.29) is 37.4 Å². The zero-order valence-corrected chi connectivity index (χ0v) is 21.7. The fourth-order valence-corrected chi connectivity index (χ4v) is 7.41. The third-order valence-corrected chi connectivity index (χ3v) is 10.1. The molecule has 2 fully saturated rings. The fourth-order valence-electron chi connectivity index (χ4n) is 6.09. The minimum absolute atomic E-state index is 0.0545. The minimum atomic E-state index is -4.40. The van der Waals surface area contributed by atoms with Crippen molar-refractivity contribution in [3.8, 4) is 0 Å². The van der Waals surface area contributed by atoms with E-state index >= 15 is 0 Å². The molecule has 2 saturated heterocycles. The second-order valence-corrected chi connectivity index (χ2v) is 13.0. The lowest BCUT2D eigenvalue weighted by molar-refractivity contribution is -0.146. The summed E-state index contributed by atoms with van der Waals surface area (Å²) >= 11 is 0. The predicted molar refractivity (Wildman–Crippen MR) is 131 cm³/mol. The highest BCUT2D eigenvalue weighted by molar-refractivity contribution is 7.89. The van der Waals surface area contributed by atoms with Gasteiger partial charge in [-0.25, -0.2) is 12.7 Å². The number of allylic oxidation sites excluding steroid dienone is 2. The molecule has 6 atom stereocenters. The van der Waals surface area contributed by atoms with Gasteiger partial charge in [0.15, 0.2) is 0 Å². The van der Waals surface area contributed by atoms with Gasteiger partial charge in [0, 0.05) is 51.2 Å². The van der Waals surface area contributed by atoms with Crippen LogP contribution in [0.3, 0.4) is 0 Å². The Morgan fingerprint density at radius 1 is 1.27 bits per heavy atom. The van der Waals surface area contributed by atoms with E-state index in [2.05, 4.69) is 10.1 Å². The second-order valence-electron chi connectivity index (χ2n) is 10.6. The molecule has 1 spiro atoms. The van der Waals surface area contributed by atoms with E-state index in [4.69, 9.17) is 9.73 Å². The first-order chi connectivity index (χ1) is 17.3. The van der Waals surface area contributed by atoms with Crippen molar-refractivity contribution in [1.29, 1.82) is 0 Å². The van der Waals surface area contributed by atoms with Gasteiger partial charge in [-0.15, -0.1) is 0 Å². The monoisotopic (exact) mass is 544 g/mol. The molecule has 5 aliphatic rings. The smallest absolute Gasteiger partial charge is 0.378 e. The lowest BCUT2D eigenvalue weighted by atomic mass is 9.79. The van der Waals surface area contributed by atoms with Crippen LogP contribution >= 0.6 is 0 Å². The molecule has 14 heteroatoms. The topological polar surface area (TPSA) is 107 Å². The van der Waals surface area contributed by atoms with Gasteiger partial charge in [-0.1, -0.05) is 13.0 Å². The number of alkyl halides is 3. The molecule has 0 aliphatic carbocycles. The maximum atomic E-state index is 13.8. The summed E-state index contributed by atoms with van der Waals surface area (Å²) in [4.78, 5) is 24.7. The first-order valence-corrected chi connectivity index (χ1v) is 13.8. The Morgan fingerprint density at radius 2 is 2.03 bits per heavy atom. The summed E-state index contributed by atoms with van der Waals surface area (Å²) in [5, 5.41) is 4.19. The summed E-state index contributed by atoms with van der Waals surface area (Å²) in [6.07, 6.45) is 1.45. The Labute approximate surface area is 214 Å². The number of amides is 1. The van der Waals surface area contributed by atoms with Crippen molar-refractivity contribution in [3.05, 3.63) is 11.8 Å². The van der Waals surface area contributed by atoms with Gasteiger partial charge in [-0.05, 0) is 12.3 Å². The SMILES string of the molecule is CC1C=C(C2C=NCC(S(=O)(=O)N(C)C)C2)N=C2C1C(=O)N(C1C=NN(CC(F)(F)F)C1)[C@]21CCOC1. The minimum Gasteiger partial charge on any atom is -0.378 e. The van der Waals surface area contributed by atoms with Gasteiger partial charge in [0.1, 0.15) is 12.1 Å². The molecule has 0 saturated carbocycles. The van der Waals surface area contributed by atoms with E-state index in [1.54, 1.807) is 11.1 Å². The van der Waals surface area contributed by atoms with Gasteiger partial charge in [-0.3, -0.25) is 19.8 Å². The van der Waals surface area contributed by atoms with Crippen LogP contribution in [0.25, 0.3) is 0 Å². The van der Waals surface area contributed by atoms with E-state index < -0.39 is 45.5 Å². The molecule has 0 radical (unpaired) electrons. The number of halogens is 3. The number of carbonyl (C=O) groups is 1. The number of sulfonamides is 1. The molecular weight excluding hydrogens is 513 g/mol. The molecular formula is C23H31F3N6O4S. The number of hydrogen-bond donors (Lipinski definition) is 0. The van der Waals surface area contributed by atoms with Crippen LogP contribution < -0.4 is 0 Å². The van der Waals surface area contributed by atoms with Gasteiger partial charge in [-0.2, -0.15) is 18.3 Å². The molecule has 5 aliphatic heterocycles. The van der Waals surface area contributed by atoms with E-state index in [0.717, 1.165) is 5.01 Å². The number of carbonyl (C=O) groups excluding carboxylic acids is 1. The van der Waals surface area contributed by atoms with Gasteiger partial charge < -0.3 is 9.64 Å². The molecule has 37 heavy (non-hydrogen) atoms. The van der Waals surface area contributed by atoms with Crippen molar-refractivity contribution in [2.75, 3.05) is 46.9 Å². The molecule has 0 bridgehead atoms. The Balaban J connectivity index is 1.45. The van der Waals surface area contributed by atoms with E-state index in [1.165, 1.54) is 24.6 Å². The lowest BCUT2D eigenvalue weighted by Gasteiger charge is -2.38. The Hall–Kier alpha value is -2.32. The highest BCUT2D eigenvalue weighted by Gasteiger charge is 2.62. The molecule has 0 aromatic carbocycles. The van der Waals surface area contributed by atoms with Gasteiger partial charge in [0.25, 0.3) is 0 Å². The number of hydrazone groups is 1. The molecule has 5 unspecified atom stereocenters. The van der Waals surface area contributed by atoms with Gasteiger partial charge in [0.2, 0.25) is 15.9 Å². The summed E-state index contributed by atoms with van der Waals surface area (Å²) < 4.78 is 71.3. The maximum absolute atomic E-state index is 13.8. The van der Waals surface area contributed by atoms with Crippen LogP contribution in [0.15, 0.2) is 26.9 Å². The average Bonchev–Trinajstić information content (AvgIpc) is 3.53. The van der Waals surface area contributed by atoms with E-state index in [1.807, 2.05) is 13.0 Å². The summed E-state index contributed by atoms with van der Waals surface area (Å²) in [5.74, 6) is -1.32. The first-order valence-electron chi connectivity index (χ1n) is 12.3. The van der Waals surface area contributed by atoms with E-state index in [0.29, 0.717) is 30.9 Å².